The number of benzene rings is 1. The Labute approximate surface area is 129 Å². The van der Waals surface area contributed by atoms with Crippen LogP contribution in [0.5, 0.6) is 11.5 Å². The van der Waals surface area contributed by atoms with E-state index in [9.17, 15) is 4.79 Å². The highest BCUT2D eigenvalue weighted by molar-refractivity contribution is 5.93. The summed E-state index contributed by atoms with van der Waals surface area (Å²) < 4.78 is 16.5. The van der Waals surface area contributed by atoms with Gasteiger partial charge in [-0.05, 0) is 25.1 Å². The zero-order chi connectivity index (χ0) is 15.1. The minimum atomic E-state index is -0.0769. The Balaban J connectivity index is 1.44. The smallest absolute Gasteiger partial charge is 0.231 e. The van der Waals surface area contributed by atoms with Gasteiger partial charge < -0.3 is 19.5 Å². The molecular formula is C16H20N2O4. The van der Waals surface area contributed by atoms with E-state index in [2.05, 4.69) is 17.1 Å². The van der Waals surface area contributed by atoms with Crippen LogP contribution in [-0.2, 0) is 9.53 Å². The lowest BCUT2D eigenvalue weighted by molar-refractivity contribution is -0.122. The summed E-state index contributed by atoms with van der Waals surface area (Å²) in [5.41, 5.74) is 0.739. The number of amides is 1. The minimum absolute atomic E-state index is 0.00714. The van der Waals surface area contributed by atoms with Gasteiger partial charge in [0.15, 0.2) is 11.5 Å². The van der Waals surface area contributed by atoms with Crippen molar-refractivity contribution < 1.29 is 19.0 Å². The van der Waals surface area contributed by atoms with Crippen molar-refractivity contribution in [1.29, 1.82) is 0 Å². The molecular weight excluding hydrogens is 284 g/mol. The topological polar surface area (TPSA) is 60.0 Å². The van der Waals surface area contributed by atoms with Gasteiger partial charge in [0.05, 0.1) is 18.1 Å². The third kappa shape index (κ3) is 2.42. The zero-order valence-electron chi connectivity index (χ0n) is 12.6. The second kappa shape index (κ2) is 5.44. The molecule has 3 atom stereocenters. The summed E-state index contributed by atoms with van der Waals surface area (Å²) in [6, 6.07) is 5.46. The average molecular weight is 304 g/mol. The van der Waals surface area contributed by atoms with Gasteiger partial charge in [0.25, 0.3) is 0 Å². The van der Waals surface area contributed by atoms with Gasteiger partial charge in [-0.25, -0.2) is 0 Å². The van der Waals surface area contributed by atoms with Gasteiger partial charge in [-0.1, -0.05) is 6.92 Å². The summed E-state index contributed by atoms with van der Waals surface area (Å²) in [7, 11) is 0. The van der Waals surface area contributed by atoms with Crippen LogP contribution < -0.4 is 14.8 Å². The van der Waals surface area contributed by atoms with Crippen LogP contribution >= 0.6 is 0 Å². The Morgan fingerprint density at radius 3 is 3.05 bits per heavy atom. The van der Waals surface area contributed by atoms with E-state index >= 15 is 0 Å². The predicted molar refractivity (Wildman–Crippen MR) is 80.1 cm³/mol. The van der Waals surface area contributed by atoms with Gasteiger partial charge in [0.2, 0.25) is 12.7 Å². The molecule has 1 N–H and O–H groups in total. The number of carbonyl (C=O) groups excluding carboxylic acids is 1. The van der Waals surface area contributed by atoms with Gasteiger partial charge in [-0.15, -0.1) is 0 Å². The maximum absolute atomic E-state index is 12.6. The molecule has 4 rings (SSSR count). The zero-order valence-corrected chi connectivity index (χ0v) is 12.6. The van der Waals surface area contributed by atoms with Crippen LogP contribution in [0.1, 0.15) is 13.3 Å². The normalized spacial score (nSPS) is 29.6. The maximum Gasteiger partial charge on any atom is 0.231 e. The number of nitrogens with zero attached hydrogens (tertiary/aromatic N) is 1. The molecule has 2 fully saturated rings. The van der Waals surface area contributed by atoms with Crippen LogP contribution in [0.15, 0.2) is 18.2 Å². The molecule has 3 aliphatic heterocycles. The van der Waals surface area contributed by atoms with Crippen molar-refractivity contribution in [3.05, 3.63) is 18.2 Å². The summed E-state index contributed by atoms with van der Waals surface area (Å²) in [6.45, 7) is 5.16. The van der Waals surface area contributed by atoms with E-state index in [1.807, 2.05) is 12.1 Å². The highest BCUT2D eigenvalue weighted by atomic mass is 16.7. The Hall–Kier alpha value is -1.79. The molecule has 1 aromatic rings. The van der Waals surface area contributed by atoms with Gasteiger partial charge in [-0.3, -0.25) is 9.69 Å². The van der Waals surface area contributed by atoms with Crippen molar-refractivity contribution in [2.24, 2.45) is 5.92 Å². The Morgan fingerprint density at radius 2 is 2.18 bits per heavy atom. The van der Waals surface area contributed by atoms with E-state index in [1.54, 1.807) is 6.07 Å². The van der Waals surface area contributed by atoms with Gasteiger partial charge in [0.1, 0.15) is 0 Å². The van der Waals surface area contributed by atoms with E-state index in [0.29, 0.717) is 5.75 Å². The SMILES string of the molecule is CCN1C[C@@H]2C[C@@H](C(=O)Nc3ccc4c(c3)OCO4)[C@H](C1)O2. The van der Waals surface area contributed by atoms with E-state index in [0.717, 1.165) is 37.5 Å². The summed E-state index contributed by atoms with van der Waals surface area (Å²) in [5, 5.41) is 2.99. The van der Waals surface area contributed by atoms with Gasteiger partial charge >= 0.3 is 0 Å². The molecule has 0 unspecified atom stereocenters. The first-order chi connectivity index (χ1) is 10.7. The second-order valence-corrected chi connectivity index (χ2v) is 6.05. The average Bonchev–Trinajstić information content (AvgIpc) is 3.10. The Bertz CT molecular complexity index is 592. The van der Waals surface area contributed by atoms with Crippen molar-refractivity contribution in [1.82, 2.24) is 4.90 Å². The number of carbonyl (C=O) groups is 1. The van der Waals surface area contributed by atoms with Crippen LogP contribution in [-0.4, -0.2) is 49.4 Å². The number of morpholine rings is 1. The summed E-state index contributed by atoms with van der Waals surface area (Å²) in [6.07, 6.45) is 0.997. The Morgan fingerprint density at radius 1 is 1.32 bits per heavy atom. The third-order valence-corrected chi connectivity index (χ3v) is 4.66. The molecule has 3 heterocycles. The monoisotopic (exact) mass is 304 g/mol. The number of rotatable bonds is 3. The Kier molecular flexibility index (Phi) is 3.43. The van der Waals surface area contributed by atoms with Crippen LogP contribution in [0.2, 0.25) is 0 Å². The molecule has 1 aromatic carbocycles. The quantitative estimate of drug-likeness (QED) is 0.916. The first-order valence-corrected chi connectivity index (χ1v) is 7.81. The molecule has 1 amide bonds. The molecule has 2 bridgehead atoms. The van der Waals surface area contributed by atoms with Crippen molar-refractivity contribution in [3.8, 4) is 11.5 Å². The second-order valence-electron chi connectivity index (χ2n) is 6.05. The van der Waals surface area contributed by atoms with E-state index in [1.165, 1.54) is 0 Å². The van der Waals surface area contributed by atoms with Gasteiger partial charge in [-0.2, -0.15) is 0 Å². The molecule has 0 spiro atoms. The van der Waals surface area contributed by atoms with Crippen molar-refractivity contribution >= 4 is 11.6 Å². The fourth-order valence-corrected chi connectivity index (χ4v) is 3.48. The molecule has 0 aromatic heterocycles. The fraction of sp³-hybridized carbons (Fsp3) is 0.562. The number of anilines is 1. The minimum Gasteiger partial charge on any atom is -0.454 e. The first kappa shape index (κ1) is 13.8. The van der Waals surface area contributed by atoms with Crippen LogP contribution in [0.25, 0.3) is 0 Å². The number of likely N-dealkylation sites (N-methyl/N-ethyl adjacent to an activating group) is 1. The molecule has 118 valence electrons. The highest BCUT2D eigenvalue weighted by Crippen LogP contribution is 2.36. The first-order valence-electron chi connectivity index (χ1n) is 7.81. The molecule has 0 saturated carbocycles. The standard InChI is InChI=1S/C16H20N2O4/c1-2-18-7-11-6-12(15(8-18)22-11)16(19)17-10-3-4-13-14(5-10)21-9-20-13/h3-5,11-12,15H,2,6-9H2,1H3,(H,17,19)/t11-,12+,15-/m0/s1. The molecule has 2 saturated heterocycles. The van der Waals surface area contributed by atoms with Gasteiger partial charge in [0, 0.05) is 24.8 Å². The molecule has 0 aliphatic carbocycles. The van der Waals surface area contributed by atoms with E-state index in [4.69, 9.17) is 14.2 Å². The van der Waals surface area contributed by atoms with E-state index in [-0.39, 0.29) is 30.8 Å². The van der Waals surface area contributed by atoms with Crippen molar-refractivity contribution in [3.63, 3.8) is 0 Å². The fourth-order valence-electron chi connectivity index (χ4n) is 3.48. The predicted octanol–water partition coefficient (Wildman–Crippen LogP) is 1.46. The molecule has 3 aliphatic rings. The number of likely N-dealkylation sites (tertiary alicyclic amines) is 1. The van der Waals surface area contributed by atoms with Crippen LogP contribution in [0.4, 0.5) is 5.69 Å². The number of ether oxygens (including phenoxy) is 3. The summed E-state index contributed by atoms with van der Waals surface area (Å²) >= 11 is 0. The lowest BCUT2D eigenvalue weighted by Crippen LogP contribution is -2.44. The number of fused-ring (bicyclic) bond motifs is 3. The summed E-state index contributed by atoms with van der Waals surface area (Å²) in [4.78, 5) is 14.9. The number of nitrogens with one attached hydrogen (secondary N) is 1. The van der Waals surface area contributed by atoms with E-state index < -0.39 is 0 Å². The lowest BCUT2D eigenvalue weighted by Gasteiger charge is -2.31. The maximum atomic E-state index is 12.6. The van der Waals surface area contributed by atoms with Crippen molar-refractivity contribution in [2.75, 3.05) is 31.7 Å². The lowest BCUT2D eigenvalue weighted by atomic mass is 9.99. The highest BCUT2D eigenvalue weighted by Gasteiger charge is 2.44. The largest absolute Gasteiger partial charge is 0.454 e. The van der Waals surface area contributed by atoms with Crippen LogP contribution in [0.3, 0.4) is 0 Å². The molecule has 6 heteroatoms. The molecule has 0 radical (unpaired) electrons. The number of hydrogen-bond acceptors (Lipinski definition) is 5. The molecule has 6 nitrogen and oxygen atoms in total. The number of hydrogen-bond donors (Lipinski definition) is 1. The molecule has 22 heavy (non-hydrogen) atoms. The summed E-state index contributed by atoms with van der Waals surface area (Å²) in [5.74, 6) is 1.35. The third-order valence-electron chi connectivity index (χ3n) is 4.66. The van der Waals surface area contributed by atoms with Crippen LogP contribution in [0, 0.1) is 5.92 Å². The van der Waals surface area contributed by atoms with Crippen molar-refractivity contribution in [2.45, 2.75) is 25.6 Å².